The van der Waals surface area contributed by atoms with Crippen LogP contribution in [0.2, 0.25) is 0 Å². The molecule has 25 heavy (non-hydrogen) atoms. The highest BCUT2D eigenvalue weighted by atomic mass is 32.2. The van der Waals surface area contributed by atoms with Gasteiger partial charge in [-0.15, -0.1) is 0 Å². The predicted octanol–water partition coefficient (Wildman–Crippen LogP) is 2.32. The van der Waals surface area contributed by atoms with Crippen molar-refractivity contribution in [1.29, 1.82) is 0 Å². The fraction of sp³-hybridized carbons (Fsp3) is 0.200. The minimum absolute atomic E-state index is 0.0981. The zero-order chi connectivity index (χ0) is 18.8. The normalized spacial score (nSPS) is 11.8. The molecular formula is C15H17FN2O5S2. The lowest BCUT2D eigenvalue weighted by atomic mass is 10.2. The molecule has 0 saturated carbocycles. The van der Waals surface area contributed by atoms with E-state index in [9.17, 15) is 21.2 Å². The standard InChI is InChI=1S/C15H17FN2O5S2/c1-10-4-7-14(23-2)15(8-10)25(21,22)18-13-9-11(16)5-6-12(13)17-24(3,19)20/h4-9,17-18H,1-3H3. The van der Waals surface area contributed by atoms with Gasteiger partial charge in [0.1, 0.15) is 16.5 Å². The zero-order valence-corrected chi connectivity index (χ0v) is 15.3. The third-order valence-electron chi connectivity index (χ3n) is 3.13. The van der Waals surface area contributed by atoms with Crippen LogP contribution in [0, 0.1) is 12.7 Å². The van der Waals surface area contributed by atoms with Crippen molar-refractivity contribution >= 4 is 31.4 Å². The van der Waals surface area contributed by atoms with E-state index in [1.54, 1.807) is 13.0 Å². The first kappa shape index (κ1) is 19.0. The van der Waals surface area contributed by atoms with Crippen LogP contribution in [0.4, 0.5) is 15.8 Å². The molecule has 7 nitrogen and oxygen atoms in total. The Morgan fingerprint density at radius 1 is 0.960 bits per heavy atom. The lowest BCUT2D eigenvalue weighted by molar-refractivity contribution is 0.402. The van der Waals surface area contributed by atoms with Gasteiger partial charge in [0.05, 0.1) is 24.7 Å². The van der Waals surface area contributed by atoms with Crippen LogP contribution in [-0.4, -0.2) is 30.2 Å². The van der Waals surface area contributed by atoms with Gasteiger partial charge in [0.15, 0.2) is 0 Å². The summed E-state index contributed by atoms with van der Waals surface area (Å²) in [5.74, 6) is -0.625. The number of hydrogen-bond acceptors (Lipinski definition) is 5. The minimum atomic E-state index is -4.15. The zero-order valence-electron chi connectivity index (χ0n) is 13.7. The number of anilines is 2. The van der Waals surface area contributed by atoms with Crippen LogP contribution in [0.15, 0.2) is 41.3 Å². The van der Waals surface area contributed by atoms with Gasteiger partial charge < -0.3 is 4.74 Å². The molecule has 0 heterocycles. The number of nitrogens with one attached hydrogen (secondary N) is 2. The third-order valence-corrected chi connectivity index (χ3v) is 5.11. The van der Waals surface area contributed by atoms with Crippen molar-refractivity contribution in [2.24, 2.45) is 0 Å². The molecule has 0 atom stereocenters. The predicted molar refractivity (Wildman–Crippen MR) is 93.4 cm³/mol. The van der Waals surface area contributed by atoms with E-state index in [-0.39, 0.29) is 22.0 Å². The van der Waals surface area contributed by atoms with Crippen molar-refractivity contribution in [1.82, 2.24) is 0 Å². The maximum atomic E-state index is 13.5. The quantitative estimate of drug-likeness (QED) is 0.791. The van der Waals surface area contributed by atoms with Crippen molar-refractivity contribution in [3.05, 3.63) is 47.8 Å². The van der Waals surface area contributed by atoms with Crippen LogP contribution in [-0.2, 0) is 20.0 Å². The Morgan fingerprint density at radius 3 is 2.24 bits per heavy atom. The third kappa shape index (κ3) is 4.83. The lowest BCUT2D eigenvalue weighted by Crippen LogP contribution is -2.17. The van der Waals surface area contributed by atoms with Crippen molar-refractivity contribution in [3.63, 3.8) is 0 Å². The average Bonchev–Trinajstić information content (AvgIpc) is 2.48. The second-order valence-electron chi connectivity index (χ2n) is 5.32. The van der Waals surface area contributed by atoms with Crippen LogP contribution in [0.1, 0.15) is 5.56 Å². The molecule has 0 aliphatic carbocycles. The van der Waals surface area contributed by atoms with E-state index >= 15 is 0 Å². The molecule has 2 aromatic carbocycles. The van der Waals surface area contributed by atoms with E-state index in [2.05, 4.69) is 9.44 Å². The van der Waals surface area contributed by atoms with Crippen molar-refractivity contribution < 1.29 is 26.0 Å². The molecule has 0 amide bonds. The molecule has 2 N–H and O–H groups in total. The maximum Gasteiger partial charge on any atom is 0.265 e. The first-order chi connectivity index (χ1) is 11.5. The van der Waals surface area contributed by atoms with Gasteiger partial charge in [-0.3, -0.25) is 9.44 Å². The van der Waals surface area contributed by atoms with E-state index in [4.69, 9.17) is 4.74 Å². The lowest BCUT2D eigenvalue weighted by Gasteiger charge is -2.15. The summed E-state index contributed by atoms with van der Waals surface area (Å²) in [5, 5.41) is 0. The van der Waals surface area contributed by atoms with Crippen LogP contribution >= 0.6 is 0 Å². The van der Waals surface area contributed by atoms with Crippen LogP contribution in [0.25, 0.3) is 0 Å². The molecule has 0 aliphatic heterocycles. The molecular weight excluding hydrogens is 371 g/mol. The summed E-state index contributed by atoms with van der Waals surface area (Å²) >= 11 is 0. The largest absolute Gasteiger partial charge is 0.495 e. The number of benzene rings is 2. The SMILES string of the molecule is COc1ccc(C)cc1S(=O)(=O)Nc1cc(F)ccc1NS(C)(=O)=O. The van der Waals surface area contributed by atoms with E-state index in [1.807, 2.05) is 0 Å². The van der Waals surface area contributed by atoms with Crippen LogP contribution in [0.5, 0.6) is 5.75 Å². The van der Waals surface area contributed by atoms with Crippen molar-refractivity contribution in [2.75, 3.05) is 22.8 Å². The van der Waals surface area contributed by atoms with Gasteiger partial charge in [0, 0.05) is 6.07 Å². The molecule has 0 aliphatic rings. The van der Waals surface area contributed by atoms with Gasteiger partial charge in [0.25, 0.3) is 10.0 Å². The van der Waals surface area contributed by atoms with Gasteiger partial charge in [-0.05, 0) is 36.8 Å². The highest BCUT2D eigenvalue weighted by Crippen LogP contribution is 2.30. The molecule has 10 heteroatoms. The molecule has 0 fully saturated rings. The summed E-state index contributed by atoms with van der Waals surface area (Å²) in [4.78, 5) is -0.149. The van der Waals surface area contributed by atoms with Gasteiger partial charge in [0.2, 0.25) is 10.0 Å². The first-order valence-electron chi connectivity index (χ1n) is 6.96. The Morgan fingerprint density at radius 2 is 1.64 bits per heavy atom. The second kappa shape index (κ2) is 6.89. The fourth-order valence-electron chi connectivity index (χ4n) is 2.08. The molecule has 0 aromatic heterocycles. The first-order valence-corrected chi connectivity index (χ1v) is 10.3. The Hall–Kier alpha value is -2.33. The van der Waals surface area contributed by atoms with Crippen LogP contribution < -0.4 is 14.2 Å². The highest BCUT2D eigenvalue weighted by molar-refractivity contribution is 7.93. The summed E-state index contributed by atoms with van der Waals surface area (Å²) < 4.78 is 71.1. The molecule has 0 saturated heterocycles. The molecule has 0 radical (unpaired) electrons. The molecule has 2 aromatic rings. The van der Waals surface area contributed by atoms with Gasteiger partial charge >= 0.3 is 0 Å². The second-order valence-corrected chi connectivity index (χ2v) is 8.72. The minimum Gasteiger partial charge on any atom is -0.495 e. The van der Waals surface area contributed by atoms with E-state index in [1.165, 1.54) is 19.2 Å². The number of hydrogen-bond donors (Lipinski definition) is 2. The van der Waals surface area contributed by atoms with Crippen molar-refractivity contribution in [2.45, 2.75) is 11.8 Å². The number of rotatable bonds is 6. The summed E-state index contributed by atoms with van der Waals surface area (Å²) in [7, 11) is -6.51. The maximum absolute atomic E-state index is 13.5. The molecule has 136 valence electrons. The number of methoxy groups -OCH3 is 1. The molecule has 0 unspecified atom stereocenters. The van der Waals surface area contributed by atoms with Gasteiger partial charge in [-0.25, -0.2) is 21.2 Å². The van der Waals surface area contributed by atoms with E-state index in [0.29, 0.717) is 5.56 Å². The molecule has 2 rings (SSSR count). The number of ether oxygens (including phenoxy) is 1. The Balaban J connectivity index is 2.52. The topological polar surface area (TPSA) is 102 Å². The molecule has 0 spiro atoms. The van der Waals surface area contributed by atoms with E-state index < -0.39 is 25.9 Å². The Labute approximate surface area is 145 Å². The summed E-state index contributed by atoms with van der Waals surface area (Å²) in [6, 6.07) is 7.58. The number of sulfonamides is 2. The Kier molecular flexibility index (Phi) is 5.23. The highest BCUT2D eigenvalue weighted by Gasteiger charge is 2.22. The fourth-order valence-corrected chi connectivity index (χ4v) is 3.99. The van der Waals surface area contributed by atoms with E-state index in [0.717, 1.165) is 24.5 Å². The summed E-state index contributed by atoms with van der Waals surface area (Å²) in [5.41, 5.74) is 0.336. The van der Waals surface area contributed by atoms with Crippen molar-refractivity contribution in [3.8, 4) is 5.75 Å². The monoisotopic (exact) mass is 388 g/mol. The Bertz CT molecular complexity index is 1000. The van der Waals surface area contributed by atoms with Crippen LogP contribution in [0.3, 0.4) is 0 Å². The molecule has 0 bridgehead atoms. The van der Waals surface area contributed by atoms with Gasteiger partial charge in [-0.2, -0.15) is 0 Å². The summed E-state index contributed by atoms with van der Waals surface area (Å²) in [6.45, 7) is 1.71. The number of aryl methyl sites for hydroxylation is 1. The summed E-state index contributed by atoms with van der Waals surface area (Å²) in [6.07, 6.45) is 0.901. The smallest absolute Gasteiger partial charge is 0.265 e. The average molecular weight is 388 g/mol. The van der Waals surface area contributed by atoms with Gasteiger partial charge in [-0.1, -0.05) is 6.07 Å². The number of halogens is 1.